The van der Waals surface area contributed by atoms with Gasteiger partial charge < -0.3 is 5.11 Å². The van der Waals surface area contributed by atoms with Gasteiger partial charge in [0, 0.05) is 16.1 Å². The Labute approximate surface area is 132 Å². The largest absolute Gasteiger partial charge is 0.383 e. The Hall–Kier alpha value is -2.43. The standard InChI is InChI=1S/C17H13ClN2O2/c18-13-8-5-12(6-9-13)17(22)20-19-16-14-4-2-1-3-11(14)7-10-15(16)21/h1-10,15,21H,(H,20,22). The van der Waals surface area contributed by atoms with E-state index in [-0.39, 0.29) is 5.91 Å². The average molecular weight is 313 g/mol. The molecule has 0 aromatic heterocycles. The number of hydrazone groups is 1. The molecule has 0 saturated heterocycles. The van der Waals surface area contributed by atoms with Crippen molar-refractivity contribution in [3.63, 3.8) is 0 Å². The van der Waals surface area contributed by atoms with Crippen LogP contribution < -0.4 is 5.43 Å². The first-order valence-electron chi connectivity index (χ1n) is 6.74. The van der Waals surface area contributed by atoms with E-state index in [1.54, 1.807) is 30.3 Å². The number of carbonyl (C=O) groups excluding carboxylic acids is 1. The number of fused-ring (bicyclic) bond motifs is 1. The Bertz CT molecular complexity index is 766. The van der Waals surface area contributed by atoms with Gasteiger partial charge in [-0.05, 0) is 35.9 Å². The first-order chi connectivity index (χ1) is 10.6. The van der Waals surface area contributed by atoms with Gasteiger partial charge in [0.1, 0.15) is 11.8 Å². The molecule has 22 heavy (non-hydrogen) atoms. The third kappa shape index (κ3) is 2.93. The van der Waals surface area contributed by atoms with Crippen LogP contribution in [0.3, 0.4) is 0 Å². The molecule has 0 spiro atoms. The van der Waals surface area contributed by atoms with E-state index in [4.69, 9.17) is 11.6 Å². The fourth-order valence-corrected chi connectivity index (χ4v) is 2.35. The third-order valence-corrected chi connectivity index (χ3v) is 3.61. The number of halogens is 1. The zero-order valence-corrected chi connectivity index (χ0v) is 12.3. The molecule has 4 nitrogen and oxygen atoms in total. The first-order valence-corrected chi connectivity index (χ1v) is 7.12. The van der Waals surface area contributed by atoms with E-state index >= 15 is 0 Å². The summed E-state index contributed by atoms with van der Waals surface area (Å²) in [7, 11) is 0. The second-order valence-corrected chi connectivity index (χ2v) is 5.27. The number of carbonyl (C=O) groups is 1. The lowest BCUT2D eigenvalue weighted by atomic mass is 9.94. The van der Waals surface area contributed by atoms with E-state index in [9.17, 15) is 9.90 Å². The van der Waals surface area contributed by atoms with Crippen molar-refractivity contribution in [1.82, 2.24) is 5.43 Å². The molecule has 1 atom stereocenters. The monoisotopic (exact) mass is 312 g/mol. The molecule has 0 heterocycles. The number of aliphatic hydroxyl groups is 1. The van der Waals surface area contributed by atoms with Gasteiger partial charge in [0.25, 0.3) is 5.91 Å². The Morgan fingerprint density at radius 3 is 2.64 bits per heavy atom. The van der Waals surface area contributed by atoms with E-state index in [0.29, 0.717) is 16.3 Å². The minimum Gasteiger partial charge on any atom is -0.383 e. The molecule has 3 rings (SSSR count). The van der Waals surface area contributed by atoms with Gasteiger partial charge >= 0.3 is 0 Å². The summed E-state index contributed by atoms with van der Waals surface area (Å²) in [6.45, 7) is 0. The van der Waals surface area contributed by atoms with Crippen molar-refractivity contribution in [3.05, 3.63) is 76.3 Å². The molecular formula is C17H13ClN2O2. The predicted molar refractivity (Wildman–Crippen MR) is 86.9 cm³/mol. The van der Waals surface area contributed by atoms with Crippen molar-refractivity contribution in [2.45, 2.75) is 6.10 Å². The molecule has 0 radical (unpaired) electrons. The van der Waals surface area contributed by atoms with Crippen LogP contribution in [-0.2, 0) is 0 Å². The molecule has 1 unspecified atom stereocenters. The number of nitrogens with one attached hydrogen (secondary N) is 1. The maximum Gasteiger partial charge on any atom is 0.271 e. The van der Waals surface area contributed by atoms with Crippen molar-refractivity contribution in [3.8, 4) is 0 Å². The molecule has 110 valence electrons. The van der Waals surface area contributed by atoms with Crippen LogP contribution >= 0.6 is 11.6 Å². The van der Waals surface area contributed by atoms with Gasteiger partial charge in [-0.3, -0.25) is 4.79 Å². The predicted octanol–water partition coefficient (Wildman–Crippen LogP) is 2.86. The zero-order valence-electron chi connectivity index (χ0n) is 11.5. The Kier molecular flexibility index (Phi) is 4.04. The quantitative estimate of drug-likeness (QED) is 0.838. The first kappa shape index (κ1) is 14.5. The lowest BCUT2D eigenvalue weighted by Gasteiger charge is -2.17. The van der Waals surface area contributed by atoms with Gasteiger partial charge in [-0.1, -0.05) is 41.9 Å². The maximum atomic E-state index is 12.1. The van der Waals surface area contributed by atoms with Gasteiger partial charge in [-0.15, -0.1) is 0 Å². The van der Waals surface area contributed by atoms with Crippen LogP contribution in [0.15, 0.2) is 59.7 Å². The number of amides is 1. The Balaban J connectivity index is 1.84. The van der Waals surface area contributed by atoms with Gasteiger partial charge in [0.05, 0.1) is 0 Å². The summed E-state index contributed by atoms with van der Waals surface area (Å²) < 4.78 is 0. The highest BCUT2D eigenvalue weighted by molar-refractivity contribution is 6.30. The lowest BCUT2D eigenvalue weighted by molar-refractivity contribution is 0.0954. The molecule has 0 aliphatic heterocycles. The average Bonchev–Trinajstić information content (AvgIpc) is 2.54. The summed E-state index contributed by atoms with van der Waals surface area (Å²) in [6.07, 6.45) is 2.62. The Morgan fingerprint density at radius 2 is 1.86 bits per heavy atom. The highest BCUT2D eigenvalue weighted by Gasteiger charge is 2.19. The summed E-state index contributed by atoms with van der Waals surface area (Å²) in [6, 6.07) is 14.1. The number of hydrogen-bond acceptors (Lipinski definition) is 3. The molecule has 0 saturated carbocycles. The van der Waals surface area contributed by atoms with E-state index in [1.165, 1.54) is 0 Å². The van der Waals surface area contributed by atoms with Crippen molar-refractivity contribution >= 4 is 29.3 Å². The van der Waals surface area contributed by atoms with Crippen molar-refractivity contribution < 1.29 is 9.90 Å². The van der Waals surface area contributed by atoms with Crippen LogP contribution in [-0.4, -0.2) is 22.8 Å². The highest BCUT2D eigenvalue weighted by atomic mass is 35.5. The number of hydrogen-bond donors (Lipinski definition) is 2. The van der Waals surface area contributed by atoms with E-state index in [2.05, 4.69) is 10.5 Å². The summed E-state index contributed by atoms with van der Waals surface area (Å²) in [5.41, 5.74) is 5.09. The van der Waals surface area contributed by atoms with Crippen LogP contribution in [0.5, 0.6) is 0 Å². The fraction of sp³-hybridized carbons (Fsp3) is 0.0588. The fourth-order valence-electron chi connectivity index (χ4n) is 2.22. The smallest absolute Gasteiger partial charge is 0.271 e. The third-order valence-electron chi connectivity index (χ3n) is 3.36. The van der Waals surface area contributed by atoms with Crippen molar-refractivity contribution in [2.75, 3.05) is 0 Å². The Morgan fingerprint density at radius 1 is 1.14 bits per heavy atom. The molecule has 2 N–H and O–H groups in total. The summed E-state index contributed by atoms with van der Waals surface area (Å²) >= 11 is 5.79. The normalized spacial score (nSPS) is 18.1. The second-order valence-electron chi connectivity index (χ2n) is 4.84. The molecule has 5 heteroatoms. The van der Waals surface area contributed by atoms with Gasteiger partial charge in [-0.25, -0.2) is 5.43 Å². The minimum atomic E-state index is -0.847. The minimum absolute atomic E-state index is 0.358. The van der Waals surface area contributed by atoms with Crippen LogP contribution in [0.4, 0.5) is 0 Å². The molecule has 2 aromatic carbocycles. The summed E-state index contributed by atoms with van der Waals surface area (Å²) in [4.78, 5) is 12.1. The van der Waals surface area contributed by atoms with Gasteiger partial charge in [0.15, 0.2) is 0 Å². The molecular weight excluding hydrogens is 300 g/mol. The number of rotatable bonds is 2. The molecule has 0 fully saturated rings. The molecule has 1 aliphatic carbocycles. The van der Waals surface area contributed by atoms with Crippen molar-refractivity contribution in [1.29, 1.82) is 0 Å². The number of aliphatic hydroxyl groups excluding tert-OH is 1. The summed E-state index contributed by atoms with van der Waals surface area (Å²) in [5, 5.41) is 14.7. The van der Waals surface area contributed by atoms with Crippen LogP contribution in [0, 0.1) is 0 Å². The van der Waals surface area contributed by atoms with Gasteiger partial charge in [-0.2, -0.15) is 5.10 Å². The zero-order chi connectivity index (χ0) is 15.5. The van der Waals surface area contributed by atoms with Gasteiger partial charge in [0.2, 0.25) is 0 Å². The lowest BCUT2D eigenvalue weighted by Crippen LogP contribution is -2.28. The van der Waals surface area contributed by atoms with E-state index < -0.39 is 6.10 Å². The SMILES string of the molecule is O=C(NN=C1c2ccccc2C=CC1O)c1ccc(Cl)cc1. The molecule has 2 aromatic rings. The second kappa shape index (κ2) is 6.13. The maximum absolute atomic E-state index is 12.1. The highest BCUT2D eigenvalue weighted by Crippen LogP contribution is 2.19. The van der Waals surface area contributed by atoms with E-state index in [0.717, 1.165) is 11.1 Å². The number of nitrogens with zero attached hydrogens (tertiary/aromatic N) is 1. The summed E-state index contributed by atoms with van der Waals surface area (Å²) in [5.74, 6) is -0.358. The van der Waals surface area contributed by atoms with E-state index in [1.807, 2.05) is 30.3 Å². The van der Waals surface area contributed by atoms with Crippen LogP contribution in [0.25, 0.3) is 6.08 Å². The molecule has 1 amide bonds. The van der Waals surface area contributed by atoms with Crippen LogP contribution in [0.2, 0.25) is 5.02 Å². The number of benzene rings is 2. The molecule has 0 bridgehead atoms. The van der Waals surface area contributed by atoms with Crippen molar-refractivity contribution in [2.24, 2.45) is 5.10 Å². The molecule has 1 aliphatic rings. The topological polar surface area (TPSA) is 61.7 Å². The van der Waals surface area contributed by atoms with Crippen LogP contribution in [0.1, 0.15) is 21.5 Å².